The number of ether oxygens (including phenoxy) is 1. The largest absolute Gasteiger partial charge is 0.480 e. The van der Waals surface area contributed by atoms with E-state index in [9.17, 15) is 9.90 Å². The molecule has 5 heteroatoms. The van der Waals surface area contributed by atoms with E-state index in [1.165, 1.54) is 0 Å². The maximum absolute atomic E-state index is 11.6. The van der Waals surface area contributed by atoms with E-state index in [-0.39, 0.29) is 0 Å². The third-order valence-electron chi connectivity index (χ3n) is 4.67. The SMILES string of the molecule is CCCNC(CC)(CCCN1CCC(OC)CC1)C(=O)O. The first-order valence-electron chi connectivity index (χ1n) is 8.31. The first-order chi connectivity index (χ1) is 10.1. The fraction of sp³-hybridized carbons (Fsp3) is 0.938. The molecule has 0 aliphatic carbocycles. The average molecular weight is 300 g/mol. The number of aliphatic carboxylic acids is 1. The van der Waals surface area contributed by atoms with Gasteiger partial charge in [-0.25, -0.2) is 0 Å². The van der Waals surface area contributed by atoms with Crippen LogP contribution in [0.4, 0.5) is 0 Å². The van der Waals surface area contributed by atoms with Crippen molar-refractivity contribution in [3.05, 3.63) is 0 Å². The zero-order valence-corrected chi connectivity index (χ0v) is 13.9. The van der Waals surface area contributed by atoms with E-state index in [0.29, 0.717) is 18.9 Å². The Kier molecular flexibility index (Phi) is 8.22. The maximum Gasteiger partial charge on any atom is 0.323 e. The number of nitrogens with zero attached hydrogens (tertiary/aromatic N) is 1. The van der Waals surface area contributed by atoms with Crippen molar-refractivity contribution in [3.63, 3.8) is 0 Å². The summed E-state index contributed by atoms with van der Waals surface area (Å²) in [5.41, 5.74) is -0.749. The van der Waals surface area contributed by atoms with Gasteiger partial charge in [0.1, 0.15) is 5.54 Å². The number of piperidine rings is 1. The minimum atomic E-state index is -0.749. The van der Waals surface area contributed by atoms with Gasteiger partial charge in [0.2, 0.25) is 0 Å². The summed E-state index contributed by atoms with van der Waals surface area (Å²) in [6.45, 7) is 7.90. The molecule has 0 aromatic carbocycles. The molecule has 0 saturated carbocycles. The summed E-state index contributed by atoms with van der Waals surface area (Å²) in [5, 5.41) is 12.8. The van der Waals surface area contributed by atoms with Crippen molar-refractivity contribution in [2.45, 2.75) is 64.0 Å². The number of likely N-dealkylation sites (tertiary alicyclic amines) is 1. The zero-order valence-electron chi connectivity index (χ0n) is 13.9. The third-order valence-corrected chi connectivity index (χ3v) is 4.67. The lowest BCUT2D eigenvalue weighted by atomic mass is 9.90. The highest BCUT2D eigenvalue weighted by Gasteiger charge is 2.35. The lowest BCUT2D eigenvalue weighted by Crippen LogP contribution is -2.52. The molecule has 1 saturated heterocycles. The van der Waals surface area contributed by atoms with Gasteiger partial charge in [0.05, 0.1) is 6.10 Å². The second-order valence-electron chi connectivity index (χ2n) is 6.05. The van der Waals surface area contributed by atoms with Gasteiger partial charge in [-0.2, -0.15) is 0 Å². The zero-order chi connectivity index (χ0) is 15.7. The number of hydrogen-bond donors (Lipinski definition) is 2. The van der Waals surface area contributed by atoms with E-state index in [0.717, 1.165) is 51.9 Å². The number of rotatable bonds is 10. The van der Waals surface area contributed by atoms with Gasteiger partial charge in [-0.1, -0.05) is 13.8 Å². The van der Waals surface area contributed by atoms with E-state index >= 15 is 0 Å². The smallest absolute Gasteiger partial charge is 0.323 e. The Morgan fingerprint density at radius 2 is 2.05 bits per heavy atom. The molecular weight excluding hydrogens is 268 g/mol. The topological polar surface area (TPSA) is 61.8 Å². The molecule has 0 radical (unpaired) electrons. The molecule has 1 atom stereocenters. The summed E-state index contributed by atoms with van der Waals surface area (Å²) in [5.74, 6) is -0.712. The lowest BCUT2D eigenvalue weighted by Gasteiger charge is -2.33. The highest BCUT2D eigenvalue weighted by atomic mass is 16.5. The van der Waals surface area contributed by atoms with Gasteiger partial charge in [-0.05, 0) is 51.6 Å². The minimum absolute atomic E-state index is 0.404. The predicted octanol–water partition coefficient (Wildman–Crippen LogP) is 2.11. The minimum Gasteiger partial charge on any atom is -0.480 e. The number of nitrogens with one attached hydrogen (secondary N) is 1. The Morgan fingerprint density at radius 3 is 2.52 bits per heavy atom. The van der Waals surface area contributed by atoms with Gasteiger partial charge < -0.3 is 20.1 Å². The number of hydrogen-bond acceptors (Lipinski definition) is 4. The van der Waals surface area contributed by atoms with Gasteiger partial charge in [0.25, 0.3) is 0 Å². The van der Waals surface area contributed by atoms with Crippen LogP contribution in [0, 0.1) is 0 Å². The van der Waals surface area contributed by atoms with E-state index < -0.39 is 11.5 Å². The van der Waals surface area contributed by atoms with Crippen molar-refractivity contribution >= 4 is 5.97 Å². The van der Waals surface area contributed by atoms with Crippen LogP contribution >= 0.6 is 0 Å². The Bertz CT molecular complexity index is 304. The molecular formula is C16H32N2O3. The van der Waals surface area contributed by atoms with Crippen LogP contribution in [0.3, 0.4) is 0 Å². The molecule has 124 valence electrons. The van der Waals surface area contributed by atoms with Crippen LogP contribution in [0.15, 0.2) is 0 Å². The van der Waals surface area contributed by atoms with Gasteiger partial charge >= 0.3 is 5.97 Å². The second-order valence-corrected chi connectivity index (χ2v) is 6.05. The van der Waals surface area contributed by atoms with Gasteiger partial charge in [0.15, 0.2) is 0 Å². The fourth-order valence-corrected chi connectivity index (χ4v) is 3.06. The van der Waals surface area contributed by atoms with E-state index in [1.54, 1.807) is 7.11 Å². The molecule has 1 aliphatic rings. The molecule has 2 N–H and O–H groups in total. The summed E-state index contributed by atoms with van der Waals surface area (Å²) in [4.78, 5) is 14.1. The molecule has 1 aliphatic heterocycles. The van der Waals surface area contributed by atoms with Crippen molar-refractivity contribution in [1.82, 2.24) is 10.2 Å². The van der Waals surface area contributed by atoms with Crippen molar-refractivity contribution in [2.75, 3.05) is 33.3 Å². The molecule has 21 heavy (non-hydrogen) atoms. The Hall–Kier alpha value is -0.650. The van der Waals surface area contributed by atoms with E-state index in [1.807, 2.05) is 6.92 Å². The number of carboxylic acid groups (broad SMARTS) is 1. The maximum atomic E-state index is 11.6. The number of carboxylic acids is 1. The molecule has 1 rings (SSSR count). The molecule has 0 spiro atoms. The molecule has 0 bridgehead atoms. The molecule has 0 aromatic heterocycles. The fourth-order valence-electron chi connectivity index (χ4n) is 3.06. The van der Waals surface area contributed by atoms with E-state index in [4.69, 9.17) is 4.74 Å². The summed E-state index contributed by atoms with van der Waals surface area (Å²) in [6, 6.07) is 0. The standard InChI is InChI=1S/C16H32N2O3/c1-4-10-17-16(5-2,15(19)20)9-6-11-18-12-7-14(21-3)8-13-18/h14,17H,4-13H2,1-3H3,(H,19,20). The summed E-state index contributed by atoms with van der Waals surface area (Å²) >= 11 is 0. The normalized spacial score (nSPS) is 20.3. The predicted molar refractivity (Wildman–Crippen MR) is 84.7 cm³/mol. The van der Waals surface area contributed by atoms with Crippen molar-refractivity contribution in [2.24, 2.45) is 0 Å². The highest BCUT2D eigenvalue weighted by molar-refractivity contribution is 5.78. The van der Waals surface area contributed by atoms with Gasteiger partial charge in [-0.15, -0.1) is 0 Å². The summed E-state index contributed by atoms with van der Waals surface area (Å²) < 4.78 is 5.38. The summed E-state index contributed by atoms with van der Waals surface area (Å²) in [7, 11) is 1.78. The molecule has 1 unspecified atom stereocenters. The molecule has 1 fully saturated rings. The molecule has 0 amide bonds. The van der Waals surface area contributed by atoms with Crippen molar-refractivity contribution in [3.8, 4) is 0 Å². The van der Waals surface area contributed by atoms with Crippen LogP contribution in [0.2, 0.25) is 0 Å². The first kappa shape index (κ1) is 18.4. The molecule has 0 aromatic rings. The monoisotopic (exact) mass is 300 g/mol. The third kappa shape index (κ3) is 5.57. The lowest BCUT2D eigenvalue weighted by molar-refractivity contribution is -0.145. The van der Waals surface area contributed by atoms with Crippen molar-refractivity contribution in [1.29, 1.82) is 0 Å². The van der Waals surface area contributed by atoms with E-state index in [2.05, 4.69) is 17.1 Å². The van der Waals surface area contributed by atoms with Crippen LogP contribution in [-0.2, 0) is 9.53 Å². The van der Waals surface area contributed by atoms with Crippen molar-refractivity contribution < 1.29 is 14.6 Å². The van der Waals surface area contributed by atoms with Crippen LogP contribution in [-0.4, -0.2) is 60.9 Å². The van der Waals surface area contributed by atoms with Crippen LogP contribution in [0.5, 0.6) is 0 Å². The summed E-state index contributed by atoms with van der Waals surface area (Å²) in [6.07, 6.45) is 5.79. The van der Waals surface area contributed by atoms with Gasteiger partial charge in [0, 0.05) is 20.2 Å². The quantitative estimate of drug-likeness (QED) is 0.647. The average Bonchev–Trinajstić information content (AvgIpc) is 2.51. The number of methoxy groups -OCH3 is 1. The molecule has 1 heterocycles. The Labute approximate surface area is 129 Å². The Morgan fingerprint density at radius 1 is 1.38 bits per heavy atom. The Balaban J connectivity index is 2.38. The van der Waals surface area contributed by atoms with Crippen LogP contribution in [0.25, 0.3) is 0 Å². The second kappa shape index (κ2) is 9.38. The molecule has 5 nitrogen and oxygen atoms in total. The van der Waals surface area contributed by atoms with Crippen LogP contribution in [0.1, 0.15) is 52.4 Å². The van der Waals surface area contributed by atoms with Crippen LogP contribution < -0.4 is 5.32 Å². The highest BCUT2D eigenvalue weighted by Crippen LogP contribution is 2.20. The first-order valence-corrected chi connectivity index (χ1v) is 8.31. The van der Waals surface area contributed by atoms with Gasteiger partial charge in [-0.3, -0.25) is 4.79 Å². The number of carbonyl (C=O) groups is 1.